The van der Waals surface area contributed by atoms with Gasteiger partial charge in [0.2, 0.25) is 0 Å². The SMILES string of the molecule is C=C(CCCCCCCC)N(C)CCCCCCCCC. The Hall–Kier alpha value is -0.460. The molecule has 0 saturated carbocycles. The summed E-state index contributed by atoms with van der Waals surface area (Å²) in [6.07, 6.45) is 19.2. The molecular formula is C20H41N. The number of nitrogens with zero attached hydrogens (tertiary/aromatic N) is 1. The Morgan fingerprint density at radius 2 is 1.10 bits per heavy atom. The van der Waals surface area contributed by atoms with E-state index >= 15 is 0 Å². The summed E-state index contributed by atoms with van der Waals surface area (Å²) in [6, 6.07) is 0. The molecule has 0 rings (SSSR count). The van der Waals surface area contributed by atoms with Crippen molar-refractivity contribution in [2.45, 2.75) is 104 Å². The molecule has 0 aromatic rings. The maximum absolute atomic E-state index is 4.25. The van der Waals surface area contributed by atoms with Gasteiger partial charge in [-0.1, -0.05) is 91.1 Å². The van der Waals surface area contributed by atoms with Crippen LogP contribution in [0.1, 0.15) is 104 Å². The summed E-state index contributed by atoms with van der Waals surface area (Å²) < 4.78 is 0. The van der Waals surface area contributed by atoms with Gasteiger partial charge >= 0.3 is 0 Å². The fourth-order valence-corrected chi connectivity index (χ4v) is 2.76. The monoisotopic (exact) mass is 295 g/mol. The largest absolute Gasteiger partial charge is 0.378 e. The van der Waals surface area contributed by atoms with E-state index in [1.54, 1.807) is 0 Å². The standard InChI is InChI=1S/C20H41N/c1-5-7-9-11-13-15-17-19-21(4)20(3)18-16-14-12-10-8-6-2/h3,5-19H2,1-2,4H3. The van der Waals surface area contributed by atoms with Crippen molar-refractivity contribution in [3.8, 4) is 0 Å². The number of allylic oxidation sites excluding steroid dienone is 1. The summed E-state index contributed by atoms with van der Waals surface area (Å²) in [5.41, 5.74) is 1.34. The van der Waals surface area contributed by atoms with Gasteiger partial charge in [-0.2, -0.15) is 0 Å². The summed E-state index contributed by atoms with van der Waals surface area (Å²) in [6.45, 7) is 10.0. The summed E-state index contributed by atoms with van der Waals surface area (Å²) in [5, 5.41) is 0. The zero-order valence-corrected chi connectivity index (χ0v) is 15.3. The quantitative estimate of drug-likeness (QED) is 0.279. The first-order valence-corrected chi connectivity index (χ1v) is 9.61. The predicted octanol–water partition coefficient (Wildman–Crippen LogP) is 6.93. The first-order chi connectivity index (χ1) is 10.2. The molecule has 0 aromatic carbocycles. The molecule has 0 aliphatic heterocycles. The Morgan fingerprint density at radius 3 is 1.62 bits per heavy atom. The van der Waals surface area contributed by atoms with Gasteiger partial charge in [0.1, 0.15) is 0 Å². The van der Waals surface area contributed by atoms with Crippen LogP contribution in [0.5, 0.6) is 0 Å². The van der Waals surface area contributed by atoms with Crippen molar-refractivity contribution in [1.29, 1.82) is 0 Å². The molecule has 0 heterocycles. The lowest BCUT2D eigenvalue weighted by molar-refractivity contribution is 0.380. The third kappa shape index (κ3) is 14.2. The molecule has 0 aliphatic rings. The van der Waals surface area contributed by atoms with Gasteiger partial charge in [-0.25, -0.2) is 0 Å². The van der Waals surface area contributed by atoms with Crippen LogP contribution in [-0.4, -0.2) is 18.5 Å². The third-order valence-electron chi connectivity index (χ3n) is 4.46. The highest BCUT2D eigenvalue weighted by Crippen LogP contribution is 2.14. The summed E-state index contributed by atoms with van der Waals surface area (Å²) in [4.78, 5) is 2.39. The normalized spacial score (nSPS) is 10.8. The molecule has 0 fully saturated rings. The lowest BCUT2D eigenvalue weighted by atomic mass is 10.1. The van der Waals surface area contributed by atoms with Crippen LogP contribution < -0.4 is 0 Å². The second-order valence-electron chi connectivity index (χ2n) is 6.63. The van der Waals surface area contributed by atoms with Crippen molar-refractivity contribution >= 4 is 0 Å². The van der Waals surface area contributed by atoms with E-state index in [1.807, 2.05) is 0 Å². The fraction of sp³-hybridized carbons (Fsp3) is 0.900. The second-order valence-corrected chi connectivity index (χ2v) is 6.63. The molecule has 0 bridgehead atoms. The lowest BCUT2D eigenvalue weighted by Gasteiger charge is -2.21. The molecule has 0 unspecified atom stereocenters. The smallest absolute Gasteiger partial charge is 0.0171 e. The Labute approximate surface area is 135 Å². The van der Waals surface area contributed by atoms with Crippen molar-refractivity contribution < 1.29 is 0 Å². The highest BCUT2D eigenvalue weighted by molar-refractivity contribution is 4.91. The zero-order valence-electron chi connectivity index (χ0n) is 15.3. The molecular weight excluding hydrogens is 254 g/mol. The van der Waals surface area contributed by atoms with Crippen molar-refractivity contribution in [3.05, 3.63) is 12.3 Å². The van der Waals surface area contributed by atoms with Crippen LogP contribution in [0, 0.1) is 0 Å². The Bertz CT molecular complexity index is 222. The molecule has 1 heteroatoms. The summed E-state index contributed by atoms with van der Waals surface area (Å²) >= 11 is 0. The van der Waals surface area contributed by atoms with Crippen molar-refractivity contribution in [1.82, 2.24) is 4.90 Å². The van der Waals surface area contributed by atoms with Gasteiger partial charge in [0.15, 0.2) is 0 Å². The maximum Gasteiger partial charge on any atom is 0.0171 e. The molecule has 0 spiro atoms. The minimum atomic E-state index is 1.19. The van der Waals surface area contributed by atoms with E-state index in [-0.39, 0.29) is 0 Å². The van der Waals surface area contributed by atoms with Crippen molar-refractivity contribution in [3.63, 3.8) is 0 Å². The molecule has 0 aliphatic carbocycles. The van der Waals surface area contributed by atoms with Crippen LogP contribution in [0.2, 0.25) is 0 Å². The van der Waals surface area contributed by atoms with Gasteiger partial charge in [0.25, 0.3) is 0 Å². The maximum atomic E-state index is 4.25. The minimum absolute atomic E-state index is 1.19. The molecule has 0 amide bonds. The van der Waals surface area contributed by atoms with E-state index in [9.17, 15) is 0 Å². The van der Waals surface area contributed by atoms with Crippen LogP contribution in [0.15, 0.2) is 12.3 Å². The number of hydrogen-bond acceptors (Lipinski definition) is 1. The third-order valence-corrected chi connectivity index (χ3v) is 4.46. The van der Waals surface area contributed by atoms with Gasteiger partial charge in [-0.15, -0.1) is 0 Å². The average Bonchev–Trinajstić information content (AvgIpc) is 2.49. The fourth-order valence-electron chi connectivity index (χ4n) is 2.76. The molecule has 126 valence electrons. The van der Waals surface area contributed by atoms with Gasteiger partial charge in [0, 0.05) is 19.3 Å². The topological polar surface area (TPSA) is 3.24 Å². The van der Waals surface area contributed by atoms with Crippen LogP contribution in [0.25, 0.3) is 0 Å². The average molecular weight is 296 g/mol. The Morgan fingerprint density at radius 1 is 0.667 bits per heavy atom. The zero-order chi connectivity index (χ0) is 15.8. The van der Waals surface area contributed by atoms with Crippen molar-refractivity contribution in [2.24, 2.45) is 0 Å². The lowest BCUT2D eigenvalue weighted by Crippen LogP contribution is -2.18. The molecule has 0 atom stereocenters. The van der Waals surface area contributed by atoms with Gasteiger partial charge < -0.3 is 4.90 Å². The van der Waals surface area contributed by atoms with Gasteiger partial charge in [-0.3, -0.25) is 0 Å². The highest BCUT2D eigenvalue weighted by Gasteiger charge is 2.02. The molecule has 1 nitrogen and oxygen atoms in total. The van der Waals surface area contributed by atoms with E-state index in [2.05, 4.69) is 32.4 Å². The van der Waals surface area contributed by atoms with Crippen LogP contribution >= 0.6 is 0 Å². The van der Waals surface area contributed by atoms with Gasteiger partial charge in [-0.05, 0) is 19.3 Å². The Kier molecular flexibility index (Phi) is 15.6. The van der Waals surface area contributed by atoms with Crippen LogP contribution in [-0.2, 0) is 0 Å². The summed E-state index contributed by atoms with van der Waals surface area (Å²) in [5.74, 6) is 0. The van der Waals surface area contributed by atoms with Crippen LogP contribution in [0.3, 0.4) is 0 Å². The second kappa shape index (κ2) is 15.9. The number of unbranched alkanes of at least 4 members (excludes halogenated alkanes) is 11. The molecule has 0 N–H and O–H groups in total. The molecule has 0 saturated heterocycles. The minimum Gasteiger partial charge on any atom is -0.378 e. The molecule has 0 aromatic heterocycles. The summed E-state index contributed by atoms with van der Waals surface area (Å²) in [7, 11) is 2.22. The first-order valence-electron chi connectivity index (χ1n) is 9.61. The molecule has 0 radical (unpaired) electrons. The van der Waals surface area contributed by atoms with E-state index in [0.717, 1.165) is 0 Å². The number of hydrogen-bond donors (Lipinski definition) is 0. The Balaban J connectivity index is 3.36. The van der Waals surface area contributed by atoms with E-state index in [4.69, 9.17) is 0 Å². The van der Waals surface area contributed by atoms with E-state index < -0.39 is 0 Å². The van der Waals surface area contributed by atoms with E-state index in [1.165, 1.54) is 102 Å². The van der Waals surface area contributed by atoms with E-state index in [0.29, 0.717) is 0 Å². The first kappa shape index (κ1) is 20.5. The van der Waals surface area contributed by atoms with Gasteiger partial charge in [0.05, 0.1) is 0 Å². The van der Waals surface area contributed by atoms with Crippen molar-refractivity contribution in [2.75, 3.05) is 13.6 Å². The predicted molar refractivity (Wildman–Crippen MR) is 97.8 cm³/mol. The van der Waals surface area contributed by atoms with Crippen LogP contribution in [0.4, 0.5) is 0 Å². The molecule has 21 heavy (non-hydrogen) atoms. The highest BCUT2D eigenvalue weighted by atomic mass is 15.1. The number of rotatable bonds is 16.